The van der Waals surface area contributed by atoms with Crippen LogP contribution < -0.4 is 4.74 Å². The molecule has 0 aliphatic carbocycles. The number of phenols is 2. The molecule has 0 aromatic heterocycles. The summed E-state index contributed by atoms with van der Waals surface area (Å²) < 4.78 is 5.09. The van der Waals surface area contributed by atoms with Gasteiger partial charge in [-0.05, 0) is 91.7 Å². The van der Waals surface area contributed by atoms with E-state index in [0.717, 1.165) is 38.5 Å². The van der Waals surface area contributed by atoms with E-state index < -0.39 is 5.97 Å². The summed E-state index contributed by atoms with van der Waals surface area (Å²) in [6.07, 6.45) is 15.6. The Morgan fingerprint density at radius 3 is 1.72 bits per heavy atom. The molecule has 4 nitrogen and oxygen atoms in total. The van der Waals surface area contributed by atoms with Crippen molar-refractivity contribution in [1.82, 2.24) is 0 Å². The molecule has 1 rings (SSSR count). The van der Waals surface area contributed by atoms with Gasteiger partial charge in [0, 0.05) is 12.5 Å². The molecule has 0 unspecified atom stereocenters. The zero-order valence-electron chi connectivity index (χ0n) is 20.6. The van der Waals surface area contributed by atoms with Gasteiger partial charge in [0.2, 0.25) is 0 Å². The summed E-state index contributed by atoms with van der Waals surface area (Å²) >= 11 is 0. The second-order valence-electron chi connectivity index (χ2n) is 8.76. The summed E-state index contributed by atoms with van der Waals surface area (Å²) in [5.74, 6) is -0.658. The molecule has 2 N–H and O–H groups in total. The number of carbonyl (C=O) groups excluding carboxylic acids is 1. The van der Waals surface area contributed by atoms with Gasteiger partial charge in [-0.1, -0.05) is 46.6 Å². The number of carbonyl (C=O) groups is 1. The van der Waals surface area contributed by atoms with E-state index in [4.69, 9.17) is 4.74 Å². The Morgan fingerprint density at radius 2 is 1.22 bits per heavy atom. The average Bonchev–Trinajstić information content (AvgIpc) is 2.69. The summed E-state index contributed by atoms with van der Waals surface area (Å²) in [5.41, 5.74) is 5.83. The third-order valence-electron chi connectivity index (χ3n) is 5.27. The maximum Gasteiger partial charge on any atom is 0.308 e. The molecular weight excluding hydrogens is 400 g/mol. The van der Waals surface area contributed by atoms with Crippen LogP contribution in [-0.2, 0) is 11.2 Å². The van der Waals surface area contributed by atoms with Crippen LogP contribution in [0.4, 0.5) is 0 Å². The minimum absolute atomic E-state index is 0.00281. The molecule has 0 aliphatic rings. The van der Waals surface area contributed by atoms with Crippen molar-refractivity contribution in [2.75, 3.05) is 0 Å². The molecule has 0 saturated carbocycles. The predicted molar refractivity (Wildman–Crippen MR) is 133 cm³/mol. The first kappa shape index (κ1) is 27.3. The molecule has 1 aromatic rings. The number of aromatic hydroxyl groups is 2. The standard InChI is InChI=1S/C28H40O4/c1-20(2)10-7-11-21(3)12-8-13-22(4)14-9-15-23(5)16-17-25-26(30)18-19-27(31)28(25)32-24(6)29/h10,12,14,16,18-19,30-31H,7-9,11,13,15,17H2,1-6H3. The minimum Gasteiger partial charge on any atom is -0.508 e. The van der Waals surface area contributed by atoms with Gasteiger partial charge < -0.3 is 14.9 Å². The molecule has 0 radical (unpaired) electrons. The summed E-state index contributed by atoms with van der Waals surface area (Å²) in [5, 5.41) is 20.1. The van der Waals surface area contributed by atoms with Gasteiger partial charge in [-0.3, -0.25) is 4.79 Å². The SMILES string of the molecule is CC(=O)Oc1c(O)ccc(O)c1CC=C(C)CCC=C(C)CCC=C(C)CCC=C(C)C. The van der Waals surface area contributed by atoms with Crippen LogP contribution >= 0.6 is 0 Å². The molecule has 176 valence electrons. The molecule has 0 atom stereocenters. The molecule has 1 aromatic carbocycles. The minimum atomic E-state index is -0.536. The first-order valence-electron chi connectivity index (χ1n) is 11.4. The molecule has 4 heteroatoms. The summed E-state index contributed by atoms with van der Waals surface area (Å²) in [6, 6.07) is 2.73. The first-order chi connectivity index (χ1) is 15.1. The third kappa shape index (κ3) is 11.0. The lowest BCUT2D eigenvalue weighted by Gasteiger charge is -2.11. The number of esters is 1. The fourth-order valence-corrected chi connectivity index (χ4v) is 3.32. The molecule has 0 spiro atoms. The molecule has 0 amide bonds. The Labute approximate surface area is 194 Å². The highest BCUT2D eigenvalue weighted by Gasteiger charge is 2.15. The van der Waals surface area contributed by atoms with Crippen LogP contribution in [0.5, 0.6) is 17.2 Å². The second-order valence-corrected chi connectivity index (χ2v) is 8.76. The Hall–Kier alpha value is -2.75. The number of rotatable bonds is 12. The van der Waals surface area contributed by atoms with Crippen molar-refractivity contribution < 1.29 is 19.7 Å². The average molecular weight is 441 g/mol. The van der Waals surface area contributed by atoms with Crippen LogP contribution in [-0.4, -0.2) is 16.2 Å². The van der Waals surface area contributed by atoms with Crippen molar-refractivity contribution >= 4 is 5.97 Å². The van der Waals surface area contributed by atoms with Crippen molar-refractivity contribution in [2.24, 2.45) is 0 Å². The molecule has 0 saturated heterocycles. The van der Waals surface area contributed by atoms with Crippen LogP contribution in [0.25, 0.3) is 0 Å². The molecular formula is C28H40O4. The number of hydrogen-bond donors (Lipinski definition) is 2. The molecule has 0 fully saturated rings. The Kier molecular flexibility index (Phi) is 12.2. The maximum atomic E-state index is 11.3. The van der Waals surface area contributed by atoms with E-state index in [-0.39, 0.29) is 17.2 Å². The molecule has 0 bridgehead atoms. The van der Waals surface area contributed by atoms with Gasteiger partial charge in [0.1, 0.15) is 5.75 Å². The van der Waals surface area contributed by atoms with E-state index >= 15 is 0 Å². The molecule has 32 heavy (non-hydrogen) atoms. The van der Waals surface area contributed by atoms with E-state index in [9.17, 15) is 15.0 Å². The van der Waals surface area contributed by atoms with Crippen molar-refractivity contribution in [3.63, 3.8) is 0 Å². The van der Waals surface area contributed by atoms with Gasteiger partial charge in [0.15, 0.2) is 11.5 Å². The normalized spacial score (nSPS) is 12.6. The zero-order valence-corrected chi connectivity index (χ0v) is 20.6. The summed E-state index contributed by atoms with van der Waals surface area (Å²) in [6.45, 7) is 12.0. The largest absolute Gasteiger partial charge is 0.508 e. The second kappa shape index (κ2) is 14.3. The van der Waals surface area contributed by atoms with Gasteiger partial charge in [-0.25, -0.2) is 0 Å². The van der Waals surface area contributed by atoms with Crippen molar-refractivity contribution in [2.45, 2.75) is 86.5 Å². The first-order valence-corrected chi connectivity index (χ1v) is 11.4. The van der Waals surface area contributed by atoms with E-state index in [1.165, 1.54) is 41.3 Å². The lowest BCUT2D eigenvalue weighted by Crippen LogP contribution is -2.04. The van der Waals surface area contributed by atoms with E-state index in [2.05, 4.69) is 45.9 Å². The Morgan fingerprint density at radius 1 is 0.750 bits per heavy atom. The summed E-state index contributed by atoms with van der Waals surface area (Å²) in [4.78, 5) is 11.3. The Balaban J connectivity index is 2.54. The Bertz CT molecular complexity index is 881. The highest BCUT2D eigenvalue weighted by molar-refractivity contribution is 5.72. The van der Waals surface area contributed by atoms with Crippen molar-refractivity contribution in [3.8, 4) is 17.2 Å². The maximum absolute atomic E-state index is 11.3. The van der Waals surface area contributed by atoms with Crippen molar-refractivity contribution in [3.05, 3.63) is 64.3 Å². The predicted octanol–water partition coefficient (Wildman–Crippen LogP) is 7.71. The van der Waals surface area contributed by atoms with E-state index in [0.29, 0.717) is 12.0 Å². The van der Waals surface area contributed by atoms with Gasteiger partial charge in [0.25, 0.3) is 0 Å². The van der Waals surface area contributed by atoms with Gasteiger partial charge >= 0.3 is 5.97 Å². The van der Waals surface area contributed by atoms with Gasteiger partial charge in [-0.15, -0.1) is 0 Å². The number of benzene rings is 1. The highest BCUT2D eigenvalue weighted by atomic mass is 16.5. The number of allylic oxidation sites excluding steroid dienone is 8. The number of phenolic OH excluding ortho intramolecular Hbond substituents is 2. The van der Waals surface area contributed by atoms with Crippen LogP contribution in [0.1, 0.15) is 85.6 Å². The fraction of sp³-hybridized carbons (Fsp3) is 0.464. The van der Waals surface area contributed by atoms with Crippen LogP contribution in [0.15, 0.2) is 58.7 Å². The number of hydrogen-bond acceptors (Lipinski definition) is 4. The summed E-state index contributed by atoms with van der Waals surface area (Å²) in [7, 11) is 0. The molecule has 0 heterocycles. The lowest BCUT2D eigenvalue weighted by atomic mass is 10.0. The van der Waals surface area contributed by atoms with Gasteiger partial charge in [0.05, 0.1) is 0 Å². The van der Waals surface area contributed by atoms with Crippen molar-refractivity contribution in [1.29, 1.82) is 0 Å². The molecule has 0 aliphatic heterocycles. The van der Waals surface area contributed by atoms with Gasteiger partial charge in [-0.2, -0.15) is 0 Å². The van der Waals surface area contributed by atoms with Crippen LogP contribution in [0.3, 0.4) is 0 Å². The smallest absolute Gasteiger partial charge is 0.308 e. The third-order valence-corrected chi connectivity index (χ3v) is 5.27. The monoisotopic (exact) mass is 440 g/mol. The van der Waals surface area contributed by atoms with Crippen LogP contribution in [0, 0.1) is 0 Å². The highest BCUT2D eigenvalue weighted by Crippen LogP contribution is 2.37. The lowest BCUT2D eigenvalue weighted by molar-refractivity contribution is -0.132. The zero-order chi connectivity index (χ0) is 24.1. The van der Waals surface area contributed by atoms with E-state index in [1.807, 2.05) is 13.0 Å². The number of ether oxygens (including phenoxy) is 1. The van der Waals surface area contributed by atoms with Crippen LogP contribution in [0.2, 0.25) is 0 Å². The van der Waals surface area contributed by atoms with E-state index in [1.54, 1.807) is 0 Å². The topological polar surface area (TPSA) is 66.8 Å². The fourth-order valence-electron chi connectivity index (χ4n) is 3.32. The quantitative estimate of drug-likeness (QED) is 0.151.